The summed E-state index contributed by atoms with van der Waals surface area (Å²) in [5.41, 5.74) is 0. The Kier molecular flexibility index (Phi) is 4.45. The number of rotatable bonds is 1. The molecule has 1 atom stereocenters. The van der Waals surface area contributed by atoms with Gasteiger partial charge >= 0.3 is 0 Å². The van der Waals surface area contributed by atoms with Crippen LogP contribution in [0.2, 0.25) is 0 Å². The van der Waals surface area contributed by atoms with Crippen molar-refractivity contribution in [1.29, 1.82) is 0 Å². The van der Waals surface area contributed by atoms with Gasteiger partial charge in [0.05, 0.1) is 0 Å². The molecule has 0 aromatic rings. The van der Waals surface area contributed by atoms with Crippen LogP contribution in [-0.4, -0.2) is 18.0 Å². The maximum Gasteiger partial charge on any atom is 0.0464 e. The molecule has 0 N–H and O–H groups in total. The Morgan fingerprint density at radius 2 is 2.10 bits per heavy atom. The SMILES string of the molecule is Br.CCC1C=CC=CN1C. The van der Waals surface area contributed by atoms with Gasteiger partial charge in [0, 0.05) is 13.1 Å². The molecule has 0 saturated heterocycles. The van der Waals surface area contributed by atoms with Crippen LogP contribution in [0.15, 0.2) is 24.4 Å². The first-order valence-corrected chi connectivity index (χ1v) is 3.41. The number of halogens is 1. The highest BCUT2D eigenvalue weighted by molar-refractivity contribution is 8.93. The molecule has 0 bridgehead atoms. The first-order valence-electron chi connectivity index (χ1n) is 3.41. The molecule has 10 heavy (non-hydrogen) atoms. The van der Waals surface area contributed by atoms with Crippen molar-refractivity contribution >= 4 is 17.0 Å². The van der Waals surface area contributed by atoms with Crippen LogP contribution in [0.4, 0.5) is 0 Å². The van der Waals surface area contributed by atoms with E-state index in [-0.39, 0.29) is 17.0 Å². The topological polar surface area (TPSA) is 3.24 Å². The fourth-order valence-electron chi connectivity index (χ4n) is 1.05. The van der Waals surface area contributed by atoms with E-state index in [0.29, 0.717) is 6.04 Å². The van der Waals surface area contributed by atoms with Crippen molar-refractivity contribution in [2.45, 2.75) is 19.4 Å². The molecule has 2 heteroatoms. The highest BCUT2D eigenvalue weighted by Gasteiger charge is 2.05. The molecule has 1 heterocycles. The zero-order valence-corrected chi connectivity index (χ0v) is 8.16. The first-order chi connectivity index (χ1) is 4.34. The predicted molar refractivity (Wildman–Crippen MR) is 50.4 cm³/mol. The molecular weight excluding hydrogens is 190 g/mol. The smallest absolute Gasteiger partial charge is 0.0464 e. The molecule has 0 aromatic heterocycles. The summed E-state index contributed by atoms with van der Waals surface area (Å²) in [4.78, 5) is 2.22. The Bertz CT molecular complexity index is 140. The van der Waals surface area contributed by atoms with Gasteiger partial charge in [-0.05, 0) is 18.7 Å². The molecule has 0 amide bonds. The molecule has 0 fully saturated rings. The lowest BCUT2D eigenvalue weighted by molar-refractivity contribution is 0.371. The molecule has 1 aliphatic rings. The summed E-state index contributed by atoms with van der Waals surface area (Å²) < 4.78 is 0. The predicted octanol–water partition coefficient (Wildman–Crippen LogP) is 2.36. The van der Waals surface area contributed by atoms with Crippen molar-refractivity contribution in [3.05, 3.63) is 24.4 Å². The van der Waals surface area contributed by atoms with E-state index in [1.165, 1.54) is 6.42 Å². The van der Waals surface area contributed by atoms with E-state index >= 15 is 0 Å². The lowest BCUT2D eigenvalue weighted by atomic mass is 10.1. The third-order valence-electron chi connectivity index (χ3n) is 1.71. The Morgan fingerprint density at radius 1 is 1.40 bits per heavy atom. The molecule has 0 aliphatic carbocycles. The number of allylic oxidation sites excluding steroid dienone is 2. The average Bonchev–Trinajstić information content (AvgIpc) is 1.89. The second-order valence-electron chi connectivity index (χ2n) is 2.37. The fourth-order valence-corrected chi connectivity index (χ4v) is 1.05. The van der Waals surface area contributed by atoms with Crippen LogP contribution in [0.25, 0.3) is 0 Å². The minimum atomic E-state index is 0. The van der Waals surface area contributed by atoms with E-state index in [1.807, 2.05) is 0 Å². The van der Waals surface area contributed by atoms with E-state index in [9.17, 15) is 0 Å². The molecule has 1 nitrogen and oxygen atoms in total. The number of hydrogen-bond acceptors (Lipinski definition) is 1. The number of hydrogen-bond donors (Lipinski definition) is 0. The van der Waals surface area contributed by atoms with Crippen molar-refractivity contribution in [3.63, 3.8) is 0 Å². The van der Waals surface area contributed by atoms with Crippen molar-refractivity contribution in [2.24, 2.45) is 0 Å². The third kappa shape index (κ3) is 2.18. The van der Waals surface area contributed by atoms with Gasteiger partial charge < -0.3 is 4.90 Å². The van der Waals surface area contributed by atoms with E-state index in [2.05, 4.69) is 43.3 Å². The van der Waals surface area contributed by atoms with Crippen molar-refractivity contribution in [2.75, 3.05) is 7.05 Å². The minimum Gasteiger partial charge on any atom is -0.374 e. The molecule has 0 radical (unpaired) electrons. The van der Waals surface area contributed by atoms with E-state index in [4.69, 9.17) is 0 Å². The van der Waals surface area contributed by atoms with Gasteiger partial charge in [-0.3, -0.25) is 0 Å². The average molecular weight is 204 g/mol. The quantitative estimate of drug-likeness (QED) is 0.633. The lowest BCUT2D eigenvalue weighted by Gasteiger charge is -2.24. The van der Waals surface area contributed by atoms with E-state index in [0.717, 1.165) is 0 Å². The maximum absolute atomic E-state index is 2.22. The first kappa shape index (κ1) is 9.76. The summed E-state index contributed by atoms with van der Waals surface area (Å²) in [6.07, 6.45) is 9.69. The highest BCUT2D eigenvalue weighted by Crippen LogP contribution is 2.07. The van der Waals surface area contributed by atoms with E-state index < -0.39 is 0 Å². The van der Waals surface area contributed by atoms with Crippen LogP contribution in [0.3, 0.4) is 0 Å². The van der Waals surface area contributed by atoms with Gasteiger partial charge in [0.1, 0.15) is 0 Å². The lowest BCUT2D eigenvalue weighted by Crippen LogP contribution is -2.25. The zero-order chi connectivity index (χ0) is 6.69. The van der Waals surface area contributed by atoms with Crippen LogP contribution < -0.4 is 0 Å². The number of likely N-dealkylation sites (N-methyl/N-ethyl adjacent to an activating group) is 1. The van der Waals surface area contributed by atoms with Crippen LogP contribution in [0, 0.1) is 0 Å². The highest BCUT2D eigenvalue weighted by atomic mass is 79.9. The van der Waals surface area contributed by atoms with Crippen molar-refractivity contribution < 1.29 is 0 Å². The monoisotopic (exact) mass is 203 g/mol. The molecular formula is C8H14BrN. The Morgan fingerprint density at radius 3 is 2.50 bits per heavy atom. The second kappa shape index (κ2) is 4.56. The van der Waals surface area contributed by atoms with Gasteiger partial charge in [0.25, 0.3) is 0 Å². The van der Waals surface area contributed by atoms with Gasteiger partial charge in [-0.25, -0.2) is 0 Å². The molecule has 0 spiro atoms. The maximum atomic E-state index is 2.22. The molecule has 1 aliphatic heterocycles. The fraction of sp³-hybridized carbons (Fsp3) is 0.500. The number of nitrogens with zero attached hydrogens (tertiary/aromatic N) is 1. The van der Waals surface area contributed by atoms with Crippen LogP contribution in [0.1, 0.15) is 13.3 Å². The van der Waals surface area contributed by atoms with Crippen molar-refractivity contribution in [3.8, 4) is 0 Å². The third-order valence-corrected chi connectivity index (χ3v) is 1.71. The largest absolute Gasteiger partial charge is 0.374 e. The summed E-state index contributed by atoms with van der Waals surface area (Å²) in [5, 5.41) is 0. The van der Waals surface area contributed by atoms with Gasteiger partial charge in [0.15, 0.2) is 0 Å². The van der Waals surface area contributed by atoms with Gasteiger partial charge in [-0.2, -0.15) is 0 Å². The summed E-state index contributed by atoms with van der Waals surface area (Å²) in [7, 11) is 2.11. The molecule has 0 saturated carbocycles. The summed E-state index contributed by atoms with van der Waals surface area (Å²) in [6.45, 7) is 2.20. The second-order valence-corrected chi connectivity index (χ2v) is 2.37. The normalized spacial score (nSPS) is 22.6. The summed E-state index contributed by atoms with van der Waals surface area (Å²) in [6, 6.07) is 0.620. The zero-order valence-electron chi connectivity index (χ0n) is 6.45. The Balaban J connectivity index is 0.000000810. The van der Waals surface area contributed by atoms with Crippen molar-refractivity contribution in [1.82, 2.24) is 4.90 Å². The molecule has 1 rings (SSSR count). The summed E-state index contributed by atoms with van der Waals surface area (Å²) >= 11 is 0. The van der Waals surface area contributed by atoms with Crippen LogP contribution in [0.5, 0.6) is 0 Å². The van der Waals surface area contributed by atoms with Crippen LogP contribution in [-0.2, 0) is 0 Å². The van der Waals surface area contributed by atoms with Gasteiger partial charge in [-0.1, -0.05) is 19.1 Å². The molecule has 0 aromatic carbocycles. The standard InChI is InChI=1S/C8H13N.BrH/c1-3-8-6-4-5-7-9(8)2;/h4-8H,3H2,1-2H3;1H. The molecule has 58 valence electrons. The Labute approximate surface area is 73.2 Å². The minimum absolute atomic E-state index is 0. The summed E-state index contributed by atoms with van der Waals surface area (Å²) in [5.74, 6) is 0. The van der Waals surface area contributed by atoms with Crippen LogP contribution >= 0.6 is 17.0 Å². The molecule has 1 unspecified atom stereocenters. The van der Waals surface area contributed by atoms with Gasteiger partial charge in [-0.15, -0.1) is 17.0 Å². The van der Waals surface area contributed by atoms with Gasteiger partial charge in [0.2, 0.25) is 0 Å². The van der Waals surface area contributed by atoms with E-state index in [1.54, 1.807) is 0 Å². The Hall–Kier alpha value is -0.240.